The van der Waals surface area contributed by atoms with Crippen molar-refractivity contribution in [2.24, 2.45) is 22.3 Å². The van der Waals surface area contributed by atoms with Gasteiger partial charge in [-0.3, -0.25) is 4.90 Å². The quantitative estimate of drug-likeness (QED) is 0.316. The molecule has 0 aromatic heterocycles. The maximum Gasteiger partial charge on any atom is 0.0226 e. The number of hydrogen-bond acceptors (Lipinski definition) is 6. The van der Waals surface area contributed by atoms with Gasteiger partial charge in [0, 0.05) is 71.5 Å². The lowest BCUT2D eigenvalue weighted by Gasteiger charge is -2.44. The second kappa shape index (κ2) is 10.7. The van der Waals surface area contributed by atoms with Crippen molar-refractivity contribution in [2.45, 2.75) is 40.2 Å². The number of nitrogens with one attached hydrogen (secondary N) is 3. The van der Waals surface area contributed by atoms with Crippen molar-refractivity contribution in [1.82, 2.24) is 20.9 Å². The Morgan fingerprint density at radius 1 is 1.00 bits per heavy atom. The van der Waals surface area contributed by atoms with Crippen LogP contribution in [0.25, 0.3) is 0 Å². The van der Waals surface area contributed by atoms with Gasteiger partial charge in [-0.15, -0.1) is 0 Å². The summed E-state index contributed by atoms with van der Waals surface area (Å²) in [6, 6.07) is 0.599. The second-order valence-electron chi connectivity index (χ2n) is 8.79. The van der Waals surface area contributed by atoms with Crippen LogP contribution in [0.1, 0.15) is 34.1 Å². The molecular formula is C18H42N6. The third kappa shape index (κ3) is 8.74. The molecule has 0 aromatic carbocycles. The number of rotatable bonds is 12. The van der Waals surface area contributed by atoms with Crippen molar-refractivity contribution in [1.29, 1.82) is 0 Å². The number of nitrogens with two attached hydrogens (primary N) is 2. The summed E-state index contributed by atoms with van der Waals surface area (Å²) in [7, 11) is 0. The Balaban J connectivity index is 2.54. The summed E-state index contributed by atoms with van der Waals surface area (Å²) in [6.45, 7) is 19.1. The summed E-state index contributed by atoms with van der Waals surface area (Å²) in [6.07, 6.45) is 1.20. The Hall–Kier alpha value is -0.240. The van der Waals surface area contributed by atoms with Crippen LogP contribution in [-0.4, -0.2) is 76.4 Å². The van der Waals surface area contributed by atoms with E-state index < -0.39 is 0 Å². The highest BCUT2D eigenvalue weighted by Crippen LogP contribution is 2.27. The van der Waals surface area contributed by atoms with E-state index in [1.165, 1.54) is 6.42 Å². The monoisotopic (exact) mass is 342 g/mol. The Kier molecular flexibility index (Phi) is 9.71. The summed E-state index contributed by atoms with van der Waals surface area (Å²) in [5.41, 5.74) is 11.7. The Morgan fingerprint density at radius 2 is 1.58 bits per heavy atom. The van der Waals surface area contributed by atoms with Gasteiger partial charge in [0.1, 0.15) is 0 Å². The lowest BCUT2D eigenvalue weighted by Crippen LogP contribution is -2.56. The van der Waals surface area contributed by atoms with Crippen LogP contribution >= 0.6 is 0 Å². The van der Waals surface area contributed by atoms with Crippen LogP contribution < -0.4 is 27.4 Å². The summed E-state index contributed by atoms with van der Waals surface area (Å²) in [4.78, 5) is 2.69. The molecule has 0 spiro atoms. The molecule has 6 heteroatoms. The minimum absolute atomic E-state index is 0.257. The van der Waals surface area contributed by atoms with Gasteiger partial charge >= 0.3 is 0 Å². The average molecular weight is 343 g/mol. The van der Waals surface area contributed by atoms with Crippen LogP contribution in [0, 0.1) is 10.8 Å². The Labute approximate surface area is 149 Å². The summed E-state index contributed by atoms with van der Waals surface area (Å²) < 4.78 is 0. The zero-order valence-corrected chi connectivity index (χ0v) is 16.5. The van der Waals surface area contributed by atoms with Gasteiger partial charge in [0.2, 0.25) is 0 Å². The van der Waals surface area contributed by atoms with Crippen molar-refractivity contribution < 1.29 is 0 Å². The number of nitrogens with zero attached hydrogens (tertiary/aromatic N) is 1. The molecule has 1 fully saturated rings. The molecule has 24 heavy (non-hydrogen) atoms. The fraction of sp³-hybridized carbons (Fsp3) is 1.00. The van der Waals surface area contributed by atoms with E-state index in [9.17, 15) is 0 Å². The highest BCUT2D eigenvalue weighted by atomic mass is 15.2. The van der Waals surface area contributed by atoms with Gasteiger partial charge in [-0.05, 0) is 17.3 Å². The lowest BCUT2D eigenvalue weighted by atomic mass is 9.83. The minimum Gasteiger partial charge on any atom is -0.329 e. The fourth-order valence-corrected chi connectivity index (χ4v) is 3.59. The van der Waals surface area contributed by atoms with E-state index in [-0.39, 0.29) is 10.8 Å². The van der Waals surface area contributed by atoms with Gasteiger partial charge in [-0.1, -0.05) is 27.7 Å². The van der Waals surface area contributed by atoms with Crippen molar-refractivity contribution in [3.63, 3.8) is 0 Å². The molecule has 0 amide bonds. The third-order valence-corrected chi connectivity index (χ3v) is 4.74. The van der Waals surface area contributed by atoms with Gasteiger partial charge in [-0.2, -0.15) is 0 Å². The fourth-order valence-electron chi connectivity index (χ4n) is 3.59. The van der Waals surface area contributed by atoms with Gasteiger partial charge in [0.15, 0.2) is 0 Å². The number of hydrogen-bond donors (Lipinski definition) is 5. The largest absolute Gasteiger partial charge is 0.329 e. The van der Waals surface area contributed by atoms with Gasteiger partial charge < -0.3 is 27.4 Å². The molecule has 7 N–H and O–H groups in total. The smallest absolute Gasteiger partial charge is 0.0226 e. The first-order chi connectivity index (χ1) is 11.3. The molecule has 1 saturated heterocycles. The molecule has 0 radical (unpaired) electrons. The number of piperazine rings is 1. The van der Waals surface area contributed by atoms with Gasteiger partial charge in [0.25, 0.3) is 0 Å². The maximum atomic E-state index is 5.59. The van der Waals surface area contributed by atoms with E-state index in [4.69, 9.17) is 11.5 Å². The van der Waals surface area contributed by atoms with E-state index in [2.05, 4.69) is 48.5 Å². The van der Waals surface area contributed by atoms with Crippen LogP contribution in [0.4, 0.5) is 0 Å². The van der Waals surface area contributed by atoms with Crippen molar-refractivity contribution in [3.05, 3.63) is 0 Å². The van der Waals surface area contributed by atoms with E-state index in [1.807, 2.05) is 0 Å². The lowest BCUT2D eigenvalue weighted by molar-refractivity contribution is 0.0760. The predicted molar refractivity (Wildman–Crippen MR) is 104 cm³/mol. The first kappa shape index (κ1) is 21.8. The van der Waals surface area contributed by atoms with Gasteiger partial charge in [0.05, 0.1) is 0 Å². The first-order valence-electron chi connectivity index (χ1n) is 9.56. The van der Waals surface area contributed by atoms with Crippen LogP contribution in [-0.2, 0) is 0 Å². The van der Waals surface area contributed by atoms with Crippen LogP contribution in [0.2, 0.25) is 0 Å². The van der Waals surface area contributed by atoms with Crippen LogP contribution in [0.5, 0.6) is 0 Å². The molecule has 1 unspecified atom stereocenters. The first-order valence-corrected chi connectivity index (χ1v) is 9.56. The molecule has 0 aliphatic carbocycles. The molecule has 144 valence electrons. The van der Waals surface area contributed by atoms with E-state index in [0.29, 0.717) is 19.1 Å². The molecular weight excluding hydrogens is 300 g/mol. The molecule has 1 aliphatic rings. The van der Waals surface area contributed by atoms with Crippen molar-refractivity contribution in [2.75, 3.05) is 65.4 Å². The molecule has 6 nitrogen and oxygen atoms in total. The van der Waals surface area contributed by atoms with E-state index in [0.717, 1.165) is 52.4 Å². The molecule has 1 atom stereocenters. The Bertz CT molecular complexity index is 299. The predicted octanol–water partition coefficient (Wildman–Crippen LogP) is -0.201. The Morgan fingerprint density at radius 3 is 2.17 bits per heavy atom. The second-order valence-corrected chi connectivity index (χ2v) is 8.79. The molecule has 1 rings (SSSR count). The standard InChI is InChI=1S/C18H42N6/c1-17(2,13-22-7-5-19)11-16-12-21-9-10-24(16)15-18(3,4)14-23-8-6-20/h16,21-23H,5-15,19-20H2,1-4H3. The summed E-state index contributed by atoms with van der Waals surface area (Å²) in [5, 5.41) is 10.5. The van der Waals surface area contributed by atoms with E-state index in [1.54, 1.807) is 0 Å². The van der Waals surface area contributed by atoms with Crippen molar-refractivity contribution >= 4 is 0 Å². The van der Waals surface area contributed by atoms with Gasteiger partial charge in [-0.25, -0.2) is 0 Å². The van der Waals surface area contributed by atoms with Crippen LogP contribution in [0.15, 0.2) is 0 Å². The SMILES string of the molecule is CC(C)(CNCCN)CC1CNCCN1CC(C)(C)CNCCN. The molecule has 0 bridgehead atoms. The highest BCUT2D eigenvalue weighted by molar-refractivity contribution is 4.89. The van der Waals surface area contributed by atoms with Crippen LogP contribution in [0.3, 0.4) is 0 Å². The van der Waals surface area contributed by atoms with E-state index >= 15 is 0 Å². The topological polar surface area (TPSA) is 91.4 Å². The maximum absolute atomic E-state index is 5.59. The minimum atomic E-state index is 0.257. The zero-order chi connectivity index (χ0) is 18.1. The molecule has 0 saturated carbocycles. The zero-order valence-electron chi connectivity index (χ0n) is 16.5. The normalized spacial score (nSPS) is 20.5. The molecule has 0 aromatic rings. The highest BCUT2D eigenvalue weighted by Gasteiger charge is 2.32. The molecule has 1 aliphatic heterocycles. The summed E-state index contributed by atoms with van der Waals surface area (Å²) >= 11 is 0. The molecule has 1 heterocycles. The van der Waals surface area contributed by atoms with Crippen molar-refractivity contribution in [3.8, 4) is 0 Å². The summed E-state index contributed by atoms with van der Waals surface area (Å²) in [5.74, 6) is 0. The average Bonchev–Trinajstić information content (AvgIpc) is 2.49. The third-order valence-electron chi connectivity index (χ3n) is 4.74.